The monoisotopic (exact) mass is 208 g/mol. The molecular formula is C11H12O4. The maximum atomic E-state index is 5.50. The molecule has 0 fully saturated rings. The molecule has 4 heteroatoms. The molecule has 0 aliphatic carbocycles. The normalized spacial score (nSPS) is 14.5. The molecule has 0 unspecified atom stereocenters. The molecule has 0 aromatic heterocycles. The van der Waals surface area contributed by atoms with Crippen LogP contribution in [0.25, 0.3) is 0 Å². The minimum atomic E-state index is -0.366. The van der Waals surface area contributed by atoms with Crippen LogP contribution >= 0.6 is 0 Å². The maximum absolute atomic E-state index is 5.50. The van der Waals surface area contributed by atoms with Crippen molar-refractivity contribution < 1.29 is 18.9 Å². The molecule has 0 radical (unpaired) electrons. The van der Waals surface area contributed by atoms with Gasteiger partial charge in [-0.2, -0.15) is 0 Å². The van der Waals surface area contributed by atoms with Crippen molar-refractivity contribution in [1.82, 2.24) is 0 Å². The van der Waals surface area contributed by atoms with Crippen molar-refractivity contribution >= 4 is 0 Å². The molecule has 1 heterocycles. The van der Waals surface area contributed by atoms with Gasteiger partial charge in [0.2, 0.25) is 0 Å². The Kier molecular flexibility index (Phi) is 2.97. The number of hydrogen-bond acceptors (Lipinski definition) is 4. The van der Waals surface area contributed by atoms with E-state index in [-0.39, 0.29) is 6.29 Å². The fraction of sp³-hybridized carbons (Fsp3) is 0.273. The second kappa shape index (κ2) is 4.59. The molecule has 1 aromatic rings. The summed E-state index contributed by atoms with van der Waals surface area (Å²) >= 11 is 0. The summed E-state index contributed by atoms with van der Waals surface area (Å²) in [6, 6.07) is 7.44. The minimum absolute atomic E-state index is 0.327. The SMILES string of the molecule is COc1ccccc1OCC1OC=CO1. The summed E-state index contributed by atoms with van der Waals surface area (Å²) in [5, 5.41) is 0. The summed E-state index contributed by atoms with van der Waals surface area (Å²) in [7, 11) is 1.60. The average Bonchev–Trinajstić information content (AvgIpc) is 2.79. The molecule has 0 spiro atoms. The van der Waals surface area contributed by atoms with E-state index in [1.54, 1.807) is 7.11 Å². The Morgan fingerprint density at radius 1 is 1.13 bits per heavy atom. The van der Waals surface area contributed by atoms with E-state index in [4.69, 9.17) is 18.9 Å². The lowest BCUT2D eigenvalue weighted by molar-refractivity contribution is -0.0523. The van der Waals surface area contributed by atoms with Crippen LogP contribution in [-0.2, 0) is 9.47 Å². The van der Waals surface area contributed by atoms with Gasteiger partial charge in [-0.15, -0.1) is 0 Å². The Morgan fingerprint density at radius 3 is 2.47 bits per heavy atom. The van der Waals surface area contributed by atoms with Crippen LogP contribution < -0.4 is 9.47 Å². The molecule has 0 saturated heterocycles. The highest BCUT2D eigenvalue weighted by molar-refractivity contribution is 5.39. The minimum Gasteiger partial charge on any atom is -0.493 e. The summed E-state index contributed by atoms with van der Waals surface area (Å²) < 4.78 is 20.8. The Hall–Kier alpha value is -1.84. The van der Waals surface area contributed by atoms with Gasteiger partial charge in [-0.1, -0.05) is 12.1 Å². The van der Waals surface area contributed by atoms with Gasteiger partial charge in [-0.25, -0.2) is 0 Å². The van der Waals surface area contributed by atoms with Crippen LogP contribution in [0.2, 0.25) is 0 Å². The van der Waals surface area contributed by atoms with E-state index in [0.717, 1.165) is 0 Å². The molecule has 0 bridgehead atoms. The van der Waals surface area contributed by atoms with Crippen LogP contribution in [0.1, 0.15) is 0 Å². The van der Waals surface area contributed by atoms with Gasteiger partial charge in [0.05, 0.1) is 7.11 Å². The smallest absolute Gasteiger partial charge is 0.273 e. The zero-order valence-electron chi connectivity index (χ0n) is 8.38. The van der Waals surface area contributed by atoms with E-state index in [9.17, 15) is 0 Å². The van der Waals surface area contributed by atoms with Gasteiger partial charge in [-0.05, 0) is 12.1 Å². The van der Waals surface area contributed by atoms with E-state index >= 15 is 0 Å². The van der Waals surface area contributed by atoms with Crippen LogP contribution in [0.4, 0.5) is 0 Å². The van der Waals surface area contributed by atoms with E-state index in [2.05, 4.69) is 0 Å². The van der Waals surface area contributed by atoms with Crippen LogP contribution in [0.3, 0.4) is 0 Å². The number of methoxy groups -OCH3 is 1. The molecular weight excluding hydrogens is 196 g/mol. The lowest BCUT2D eigenvalue weighted by atomic mass is 10.3. The van der Waals surface area contributed by atoms with Gasteiger partial charge in [0.1, 0.15) is 12.5 Å². The maximum Gasteiger partial charge on any atom is 0.273 e. The van der Waals surface area contributed by atoms with E-state index in [1.807, 2.05) is 24.3 Å². The van der Waals surface area contributed by atoms with E-state index in [0.29, 0.717) is 18.1 Å². The van der Waals surface area contributed by atoms with Crippen molar-refractivity contribution in [3.05, 3.63) is 36.8 Å². The molecule has 1 aromatic carbocycles. The van der Waals surface area contributed by atoms with Gasteiger partial charge in [-0.3, -0.25) is 0 Å². The summed E-state index contributed by atoms with van der Waals surface area (Å²) in [4.78, 5) is 0. The van der Waals surface area contributed by atoms with Gasteiger partial charge in [0.15, 0.2) is 18.1 Å². The molecule has 0 N–H and O–H groups in total. The van der Waals surface area contributed by atoms with Crippen molar-refractivity contribution in [2.45, 2.75) is 6.29 Å². The summed E-state index contributed by atoms with van der Waals surface area (Å²) in [5.74, 6) is 1.38. The summed E-state index contributed by atoms with van der Waals surface area (Å²) in [6.07, 6.45) is 2.63. The molecule has 0 saturated carbocycles. The van der Waals surface area contributed by atoms with Crippen molar-refractivity contribution in [1.29, 1.82) is 0 Å². The third-order valence-electron chi connectivity index (χ3n) is 1.96. The lowest BCUT2D eigenvalue weighted by Crippen LogP contribution is -2.18. The number of rotatable bonds is 4. The largest absolute Gasteiger partial charge is 0.493 e. The second-order valence-corrected chi connectivity index (χ2v) is 2.94. The first kappa shape index (κ1) is 9.71. The molecule has 0 atom stereocenters. The van der Waals surface area contributed by atoms with Crippen LogP contribution in [0.15, 0.2) is 36.8 Å². The van der Waals surface area contributed by atoms with Crippen molar-refractivity contribution in [2.24, 2.45) is 0 Å². The number of benzene rings is 1. The summed E-state index contributed by atoms with van der Waals surface area (Å²) in [6.45, 7) is 0.327. The molecule has 0 amide bonds. The molecule has 1 aliphatic rings. The van der Waals surface area contributed by atoms with Gasteiger partial charge in [0.25, 0.3) is 6.29 Å². The first-order valence-corrected chi connectivity index (χ1v) is 4.62. The van der Waals surface area contributed by atoms with Crippen molar-refractivity contribution in [2.75, 3.05) is 13.7 Å². The fourth-order valence-corrected chi connectivity index (χ4v) is 1.25. The molecule has 80 valence electrons. The van der Waals surface area contributed by atoms with Crippen LogP contribution in [0.5, 0.6) is 11.5 Å². The van der Waals surface area contributed by atoms with E-state index in [1.165, 1.54) is 12.5 Å². The first-order chi connectivity index (χ1) is 7.40. The highest BCUT2D eigenvalue weighted by atomic mass is 16.7. The van der Waals surface area contributed by atoms with Crippen LogP contribution in [0, 0.1) is 0 Å². The number of para-hydroxylation sites is 2. The topological polar surface area (TPSA) is 36.9 Å². The Balaban J connectivity index is 1.92. The van der Waals surface area contributed by atoms with Gasteiger partial charge >= 0.3 is 0 Å². The predicted octanol–water partition coefficient (Wildman–Crippen LogP) is 1.92. The van der Waals surface area contributed by atoms with Gasteiger partial charge in [0, 0.05) is 0 Å². The van der Waals surface area contributed by atoms with Crippen molar-refractivity contribution in [3.8, 4) is 11.5 Å². The highest BCUT2D eigenvalue weighted by Crippen LogP contribution is 2.26. The molecule has 4 nitrogen and oxygen atoms in total. The second-order valence-electron chi connectivity index (χ2n) is 2.94. The molecule has 1 aliphatic heterocycles. The average molecular weight is 208 g/mol. The van der Waals surface area contributed by atoms with Crippen molar-refractivity contribution in [3.63, 3.8) is 0 Å². The lowest BCUT2D eigenvalue weighted by Gasteiger charge is -2.13. The quantitative estimate of drug-likeness (QED) is 0.757. The molecule has 2 rings (SSSR count). The Morgan fingerprint density at radius 2 is 1.80 bits per heavy atom. The zero-order chi connectivity index (χ0) is 10.5. The van der Waals surface area contributed by atoms with E-state index < -0.39 is 0 Å². The standard InChI is InChI=1S/C11H12O4/c1-12-9-4-2-3-5-10(9)15-8-11-13-6-7-14-11/h2-7,11H,8H2,1H3. The predicted molar refractivity (Wildman–Crippen MR) is 53.6 cm³/mol. The third-order valence-corrected chi connectivity index (χ3v) is 1.96. The number of hydrogen-bond donors (Lipinski definition) is 0. The third kappa shape index (κ3) is 2.34. The zero-order valence-corrected chi connectivity index (χ0v) is 8.38. The number of ether oxygens (including phenoxy) is 4. The Bertz CT molecular complexity index is 340. The summed E-state index contributed by atoms with van der Waals surface area (Å²) in [5.41, 5.74) is 0. The molecule has 15 heavy (non-hydrogen) atoms. The first-order valence-electron chi connectivity index (χ1n) is 4.62. The van der Waals surface area contributed by atoms with Gasteiger partial charge < -0.3 is 18.9 Å². The highest BCUT2D eigenvalue weighted by Gasteiger charge is 2.14. The Labute approximate surface area is 88.0 Å². The van der Waals surface area contributed by atoms with Crippen LogP contribution in [-0.4, -0.2) is 20.0 Å². The fourth-order valence-electron chi connectivity index (χ4n) is 1.25.